The number of carbonyl (C=O) groups excluding carboxylic acids is 1. The Labute approximate surface area is 115 Å². The van der Waals surface area contributed by atoms with Gasteiger partial charge in [-0.05, 0) is 30.9 Å². The van der Waals surface area contributed by atoms with Crippen molar-refractivity contribution in [1.82, 2.24) is 0 Å². The van der Waals surface area contributed by atoms with Crippen molar-refractivity contribution in [3.63, 3.8) is 0 Å². The third kappa shape index (κ3) is 5.33. The van der Waals surface area contributed by atoms with Gasteiger partial charge in [0.15, 0.2) is 0 Å². The fourth-order valence-electron chi connectivity index (χ4n) is 2.04. The summed E-state index contributed by atoms with van der Waals surface area (Å²) >= 11 is 0. The molecule has 0 aromatic heterocycles. The molecule has 1 atom stereocenters. The maximum Gasteiger partial charge on any atom is 0.342 e. The Morgan fingerprint density at radius 3 is 2.58 bits per heavy atom. The first-order valence-corrected chi connectivity index (χ1v) is 7.03. The highest BCUT2D eigenvalue weighted by molar-refractivity contribution is 5.92. The summed E-state index contributed by atoms with van der Waals surface area (Å²) in [5.41, 5.74) is 0.243. The minimum Gasteiger partial charge on any atom is -0.507 e. The molecule has 3 nitrogen and oxygen atoms in total. The first-order valence-electron chi connectivity index (χ1n) is 7.03. The van der Waals surface area contributed by atoms with Crippen molar-refractivity contribution in [2.45, 2.75) is 52.6 Å². The Balaban J connectivity index is 2.67. The molecule has 0 saturated heterocycles. The van der Waals surface area contributed by atoms with Gasteiger partial charge < -0.3 is 9.84 Å². The number of hydrogen-bond acceptors (Lipinski definition) is 3. The number of esters is 1. The van der Waals surface area contributed by atoms with Crippen molar-refractivity contribution in [3.05, 3.63) is 29.8 Å². The van der Waals surface area contributed by atoms with E-state index in [4.69, 9.17) is 4.74 Å². The lowest BCUT2D eigenvalue weighted by atomic mass is 10.0. The van der Waals surface area contributed by atoms with Crippen LogP contribution in [0.25, 0.3) is 0 Å². The minimum absolute atomic E-state index is 0.0220. The molecule has 1 unspecified atom stereocenters. The van der Waals surface area contributed by atoms with Crippen LogP contribution >= 0.6 is 0 Å². The fourth-order valence-corrected chi connectivity index (χ4v) is 2.04. The summed E-state index contributed by atoms with van der Waals surface area (Å²) in [4.78, 5) is 12.0. The highest BCUT2D eigenvalue weighted by Crippen LogP contribution is 2.21. The van der Waals surface area contributed by atoms with Crippen LogP contribution in [0.2, 0.25) is 0 Å². The molecule has 0 aliphatic rings. The molecule has 0 aliphatic heterocycles. The van der Waals surface area contributed by atoms with Crippen molar-refractivity contribution in [2.75, 3.05) is 0 Å². The van der Waals surface area contributed by atoms with Gasteiger partial charge >= 0.3 is 5.97 Å². The zero-order chi connectivity index (χ0) is 14.3. The smallest absolute Gasteiger partial charge is 0.342 e. The van der Waals surface area contributed by atoms with E-state index in [1.54, 1.807) is 18.2 Å². The topological polar surface area (TPSA) is 46.5 Å². The van der Waals surface area contributed by atoms with E-state index in [0.717, 1.165) is 25.7 Å². The number of rotatable bonds is 7. The summed E-state index contributed by atoms with van der Waals surface area (Å²) in [6.45, 7) is 6.36. The van der Waals surface area contributed by atoms with E-state index in [1.165, 1.54) is 6.07 Å². The second kappa shape index (κ2) is 7.82. The quantitative estimate of drug-likeness (QED) is 0.752. The van der Waals surface area contributed by atoms with Gasteiger partial charge in [-0.15, -0.1) is 0 Å². The number of aromatic hydroxyl groups is 1. The molecule has 0 spiro atoms. The summed E-state index contributed by atoms with van der Waals surface area (Å²) in [6.07, 6.45) is 3.81. The number of para-hydroxylation sites is 1. The highest BCUT2D eigenvalue weighted by atomic mass is 16.5. The summed E-state index contributed by atoms with van der Waals surface area (Å²) in [7, 11) is 0. The second-order valence-electron chi connectivity index (χ2n) is 5.32. The van der Waals surface area contributed by atoms with Crippen LogP contribution in [0.5, 0.6) is 5.75 Å². The van der Waals surface area contributed by atoms with Gasteiger partial charge in [0.2, 0.25) is 0 Å². The van der Waals surface area contributed by atoms with Crippen molar-refractivity contribution in [1.29, 1.82) is 0 Å². The number of hydrogen-bond donors (Lipinski definition) is 1. The van der Waals surface area contributed by atoms with Crippen LogP contribution in [0.3, 0.4) is 0 Å². The van der Waals surface area contributed by atoms with Gasteiger partial charge in [-0.1, -0.05) is 45.7 Å². The number of phenols is 1. The van der Waals surface area contributed by atoms with Crippen molar-refractivity contribution in [2.24, 2.45) is 5.92 Å². The van der Waals surface area contributed by atoms with Crippen LogP contribution in [0.4, 0.5) is 0 Å². The highest BCUT2D eigenvalue weighted by Gasteiger charge is 2.18. The van der Waals surface area contributed by atoms with E-state index in [1.807, 2.05) is 0 Å². The molecule has 0 saturated carbocycles. The maximum atomic E-state index is 12.0. The van der Waals surface area contributed by atoms with Gasteiger partial charge in [0, 0.05) is 0 Å². The van der Waals surface area contributed by atoms with Crippen LogP contribution in [0, 0.1) is 5.92 Å². The summed E-state index contributed by atoms with van der Waals surface area (Å²) in [5.74, 6) is 0.0326. The van der Waals surface area contributed by atoms with Gasteiger partial charge in [0.25, 0.3) is 0 Å². The molecule has 3 heteroatoms. The molecule has 0 fully saturated rings. The first-order chi connectivity index (χ1) is 9.04. The number of ether oxygens (including phenoxy) is 1. The Bertz CT molecular complexity index is 399. The molecular weight excluding hydrogens is 240 g/mol. The van der Waals surface area contributed by atoms with Crippen LogP contribution < -0.4 is 0 Å². The predicted octanol–water partition coefficient (Wildman–Crippen LogP) is 4.15. The number of carbonyl (C=O) groups is 1. The summed E-state index contributed by atoms with van der Waals surface area (Å²) < 4.78 is 5.53. The number of phenolic OH excluding ortho intramolecular Hbond substituents is 1. The minimum atomic E-state index is -0.431. The lowest BCUT2D eigenvalue weighted by Gasteiger charge is -2.19. The summed E-state index contributed by atoms with van der Waals surface area (Å²) in [6, 6.07) is 6.50. The second-order valence-corrected chi connectivity index (χ2v) is 5.32. The SMILES string of the molecule is CCCCC(CC(C)C)OC(=O)c1ccccc1O. The molecular formula is C16H24O3. The van der Waals surface area contributed by atoms with Crippen LogP contribution in [-0.2, 0) is 4.74 Å². The summed E-state index contributed by atoms with van der Waals surface area (Å²) in [5, 5.41) is 9.65. The van der Waals surface area contributed by atoms with Gasteiger partial charge in [-0.25, -0.2) is 4.79 Å². The third-order valence-electron chi connectivity index (χ3n) is 3.01. The Morgan fingerprint density at radius 1 is 1.32 bits per heavy atom. The molecule has 1 aromatic rings. The molecule has 1 N–H and O–H groups in total. The van der Waals surface area contributed by atoms with Gasteiger partial charge in [0.05, 0.1) is 0 Å². The van der Waals surface area contributed by atoms with E-state index in [2.05, 4.69) is 20.8 Å². The normalized spacial score (nSPS) is 12.4. The van der Waals surface area contributed by atoms with E-state index in [0.29, 0.717) is 5.92 Å². The number of benzene rings is 1. The van der Waals surface area contributed by atoms with Crippen molar-refractivity contribution in [3.8, 4) is 5.75 Å². The van der Waals surface area contributed by atoms with Gasteiger partial charge in [-0.2, -0.15) is 0 Å². The average molecular weight is 264 g/mol. The van der Waals surface area contributed by atoms with Gasteiger partial charge in [0.1, 0.15) is 17.4 Å². The fraction of sp³-hybridized carbons (Fsp3) is 0.562. The zero-order valence-electron chi connectivity index (χ0n) is 12.1. The van der Waals surface area contributed by atoms with E-state index >= 15 is 0 Å². The molecule has 106 valence electrons. The third-order valence-corrected chi connectivity index (χ3v) is 3.01. The standard InChI is InChI=1S/C16H24O3/c1-4-5-8-13(11-12(2)3)19-16(18)14-9-6-7-10-15(14)17/h6-7,9-10,12-13,17H,4-5,8,11H2,1-3H3. The number of unbranched alkanes of at least 4 members (excludes halogenated alkanes) is 1. The Morgan fingerprint density at radius 2 is 2.00 bits per heavy atom. The average Bonchev–Trinajstić information content (AvgIpc) is 2.35. The lowest BCUT2D eigenvalue weighted by molar-refractivity contribution is 0.0223. The Hall–Kier alpha value is -1.51. The van der Waals surface area contributed by atoms with Gasteiger partial charge in [-0.3, -0.25) is 0 Å². The van der Waals surface area contributed by atoms with Crippen molar-refractivity contribution < 1.29 is 14.6 Å². The molecule has 0 radical (unpaired) electrons. The maximum absolute atomic E-state index is 12.0. The largest absolute Gasteiger partial charge is 0.507 e. The molecule has 1 aromatic carbocycles. The predicted molar refractivity (Wildman–Crippen MR) is 76.3 cm³/mol. The zero-order valence-corrected chi connectivity index (χ0v) is 12.1. The Kier molecular flexibility index (Phi) is 6.40. The molecule has 0 bridgehead atoms. The lowest BCUT2D eigenvalue weighted by Crippen LogP contribution is -2.20. The molecule has 19 heavy (non-hydrogen) atoms. The molecule has 0 heterocycles. The first kappa shape index (κ1) is 15.5. The van der Waals surface area contributed by atoms with Crippen LogP contribution in [-0.4, -0.2) is 17.2 Å². The van der Waals surface area contributed by atoms with E-state index in [-0.39, 0.29) is 17.4 Å². The molecule has 1 rings (SSSR count). The molecule has 0 aliphatic carbocycles. The van der Waals surface area contributed by atoms with E-state index in [9.17, 15) is 9.90 Å². The molecule has 0 amide bonds. The van der Waals surface area contributed by atoms with Crippen molar-refractivity contribution >= 4 is 5.97 Å². The van der Waals surface area contributed by atoms with E-state index < -0.39 is 5.97 Å². The monoisotopic (exact) mass is 264 g/mol. The van der Waals surface area contributed by atoms with Crippen LogP contribution in [0.1, 0.15) is 56.8 Å². The van der Waals surface area contributed by atoms with Crippen LogP contribution in [0.15, 0.2) is 24.3 Å².